The first-order valence-electron chi connectivity index (χ1n) is 4.16. The third-order valence-corrected chi connectivity index (χ3v) is 2.22. The molecule has 0 aliphatic carbocycles. The first-order chi connectivity index (χ1) is 5.11. The van der Waals surface area contributed by atoms with Crippen molar-refractivity contribution >= 4 is 5.71 Å². The van der Waals surface area contributed by atoms with Gasteiger partial charge >= 0.3 is 0 Å². The third-order valence-electron chi connectivity index (χ3n) is 2.22. The summed E-state index contributed by atoms with van der Waals surface area (Å²) in [4.78, 5) is 4.13. The van der Waals surface area contributed by atoms with Crippen molar-refractivity contribution in [2.75, 3.05) is 7.05 Å². The number of nitrogens with zero attached hydrogens (tertiary/aromatic N) is 1. The van der Waals surface area contributed by atoms with Crippen LogP contribution in [0.15, 0.2) is 16.6 Å². The molecule has 0 heterocycles. The molecule has 64 valence electrons. The van der Waals surface area contributed by atoms with Crippen LogP contribution in [0.3, 0.4) is 0 Å². The van der Waals surface area contributed by atoms with E-state index in [1.807, 2.05) is 7.05 Å². The highest BCUT2D eigenvalue weighted by atomic mass is 14.7. The van der Waals surface area contributed by atoms with Crippen LogP contribution in [0, 0.1) is 5.92 Å². The van der Waals surface area contributed by atoms with Crippen molar-refractivity contribution in [3.05, 3.63) is 11.6 Å². The minimum absolute atomic E-state index is 0.642. The molecule has 0 N–H and O–H groups in total. The van der Waals surface area contributed by atoms with Gasteiger partial charge in [0, 0.05) is 12.8 Å². The van der Waals surface area contributed by atoms with Gasteiger partial charge in [0.25, 0.3) is 0 Å². The Kier molecular flexibility index (Phi) is 4.84. The van der Waals surface area contributed by atoms with Gasteiger partial charge in [-0.05, 0) is 33.1 Å². The summed E-state index contributed by atoms with van der Waals surface area (Å²) in [5.41, 5.74) is 2.69. The van der Waals surface area contributed by atoms with E-state index in [0.29, 0.717) is 5.92 Å². The second-order valence-electron chi connectivity index (χ2n) is 3.10. The van der Waals surface area contributed by atoms with Crippen LogP contribution in [-0.4, -0.2) is 12.8 Å². The van der Waals surface area contributed by atoms with Gasteiger partial charge in [0.05, 0.1) is 0 Å². The zero-order valence-corrected chi connectivity index (χ0v) is 8.31. The molecule has 0 aliphatic rings. The van der Waals surface area contributed by atoms with E-state index in [1.54, 1.807) is 0 Å². The van der Waals surface area contributed by atoms with E-state index < -0.39 is 0 Å². The molecule has 0 aromatic carbocycles. The van der Waals surface area contributed by atoms with Gasteiger partial charge in [0.1, 0.15) is 0 Å². The predicted molar refractivity (Wildman–Crippen MR) is 52.2 cm³/mol. The fourth-order valence-corrected chi connectivity index (χ4v) is 0.980. The molecule has 0 aromatic heterocycles. The van der Waals surface area contributed by atoms with Crippen LogP contribution in [0.4, 0.5) is 0 Å². The average Bonchev–Trinajstić information content (AvgIpc) is 2.02. The molecule has 1 heteroatoms. The molecule has 0 radical (unpaired) electrons. The Morgan fingerprint density at radius 3 is 2.36 bits per heavy atom. The van der Waals surface area contributed by atoms with Crippen molar-refractivity contribution in [2.45, 2.75) is 34.1 Å². The van der Waals surface area contributed by atoms with Gasteiger partial charge in [-0.25, -0.2) is 0 Å². The quantitative estimate of drug-likeness (QED) is 0.436. The smallest absolute Gasteiger partial charge is 0.0276 e. The average molecular weight is 153 g/mol. The standard InChI is InChI=1S/C10H19N/c1-6-8(2)9(3)7-10(4)11-5/h6,9H,7H2,1-5H3. The van der Waals surface area contributed by atoms with Gasteiger partial charge in [0.2, 0.25) is 0 Å². The topological polar surface area (TPSA) is 12.4 Å². The van der Waals surface area contributed by atoms with E-state index in [2.05, 4.69) is 38.8 Å². The van der Waals surface area contributed by atoms with Crippen LogP contribution >= 0.6 is 0 Å². The molecule has 0 amide bonds. The predicted octanol–water partition coefficient (Wildman–Crippen LogP) is 3.07. The Morgan fingerprint density at radius 1 is 1.45 bits per heavy atom. The van der Waals surface area contributed by atoms with Crippen molar-refractivity contribution in [3.8, 4) is 0 Å². The van der Waals surface area contributed by atoms with Crippen molar-refractivity contribution < 1.29 is 0 Å². The summed E-state index contributed by atoms with van der Waals surface area (Å²) in [5.74, 6) is 0.642. The van der Waals surface area contributed by atoms with Crippen molar-refractivity contribution in [1.82, 2.24) is 0 Å². The molecule has 0 aromatic rings. The lowest BCUT2D eigenvalue weighted by Crippen LogP contribution is -2.02. The van der Waals surface area contributed by atoms with E-state index >= 15 is 0 Å². The number of hydrogen-bond donors (Lipinski definition) is 0. The number of aliphatic imine (C=N–C) groups is 1. The summed E-state index contributed by atoms with van der Waals surface area (Å²) in [6, 6.07) is 0. The summed E-state index contributed by atoms with van der Waals surface area (Å²) in [6.07, 6.45) is 3.26. The zero-order valence-electron chi connectivity index (χ0n) is 8.31. The zero-order chi connectivity index (χ0) is 8.85. The normalized spacial score (nSPS) is 16.8. The van der Waals surface area contributed by atoms with Gasteiger partial charge in [-0.15, -0.1) is 0 Å². The molecule has 0 aliphatic heterocycles. The molecule has 1 unspecified atom stereocenters. The van der Waals surface area contributed by atoms with E-state index in [-0.39, 0.29) is 0 Å². The third kappa shape index (κ3) is 3.97. The molecule has 0 spiro atoms. The van der Waals surface area contributed by atoms with Gasteiger partial charge in [-0.3, -0.25) is 4.99 Å². The first kappa shape index (κ1) is 10.4. The summed E-state index contributed by atoms with van der Waals surface area (Å²) in [5, 5.41) is 0. The van der Waals surface area contributed by atoms with E-state index in [1.165, 1.54) is 11.3 Å². The van der Waals surface area contributed by atoms with E-state index in [4.69, 9.17) is 0 Å². The Hall–Kier alpha value is -0.590. The maximum atomic E-state index is 4.13. The molecular formula is C10H19N. The maximum Gasteiger partial charge on any atom is 0.0276 e. The minimum atomic E-state index is 0.642. The molecule has 0 rings (SSSR count). The van der Waals surface area contributed by atoms with Gasteiger partial charge in [-0.2, -0.15) is 0 Å². The Morgan fingerprint density at radius 2 is 2.00 bits per heavy atom. The Balaban J connectivity index is 3.97. The summed E-state index contributed by atoms with van der Waals surface area (Å²) in [6.45, 7) is 8.58. The van der Waals surface area contributed by atoms with Gasteiger partial charge < -0.3 is 0 Å². The molecule has 0 fully saturated rings. The number of allylic oxidation sites excluding steroid dienone is 2. The monoisotopic (exact) mass is 153 g/mol. The molecule has 0 saturated heterocycles. The maximum absolute atomic E-state index is 4.13. The van der Waals surface area contributed by atoms with Gasteiger partial charge in [-0.1, -0.05) is 18.6 Å². The first-order valence-corrected chi connectivity index (χ1v) is 4.16. The summed E-state index contributed by atoms with van der Waals surface area (Å²) < 4.78 is 0. The molecule has 11 heavy (non-hydrogen) atoms. The lowest BCUT2D eigenvalue weighted by molar-refractivity contribution is 0.711. The summed E-state index contributed by atoms with van der Waals surface area (Å²) in [7, 11) is 1.85. The molecule has 0 bridgehead atoms. The van der Waals surface area contributed by atoms with Crippen molar-refractivity contribution in [3.63, 3.8) is 0 Å². The van der Waals surface area contributed by atoms with Crippen LogP contribution < -0.4 is 0 Å². The lowest BCUT2D eigenvalue weighted by Gasteiger charge is -2.10. The van der Waals surface area contributed by atoms with Gasteiger partial charge in [0.15, 0.2) is 0 Å². The molecule has 0 saturated carbocycles. The highest BCUT2D eigenvalue weighted by Gasteiger charge is 2.03. The summed E-state index contributed by atoms with van der Waals surface area (Å²) >= 11 is 0. The van der Waals surface area contributed by atoms with Crippen molar-refractivity contribution in [1.29, 1.82) is 0 Å². The second kappa shape index (κ2) is 5.11. The Bertz CT molecular complexity index is 166. The Labute approximate surface area is 70.2 Å². The van der Waals surface area contributed by atoms with Crippen LogP contribution in [0.1, 0.15) is 34.1 Å². The largest absolute Gasteiger partial charge is 0.298 e. The lowest BCUT2D eigenvalue weighted by atomic mass is 9.97. The second-order valence-corrected chi connectivity index (χ2v) is 3.10. The molecular weight excluding hydrogens is 134 g/mol. The molecule has 1 atom stereocenters. The van der Waals surface area contributed by atoms with Crippen LogP contribution in [0.5, 0.6) is 0 Å². The van der Waals surface area contributed by atoms with Crippen LogP contribution in [0.25, 0.3) is 0 Å². The highest BCUT2D eigenvalue weighted by Crippen LogP contribution is 2.13. The SMILES string of the molecule is CC=C(C)C(C)CC(C)=NC. The van der Waals surface area contributed by atoms with Crippen LogP contribution in [-0.2, 0) is 0 Å². The van der Waals surface area contributed by atoms with Crippen LogP contribution in [0.2, 0.25) is 0 Å². The minimum Gasteiger partial charge on any atom is -0.298 e. The number of rotatable bonds is 3. The number of hydrogen-bond acceptors (Lipinski definition) is 1. The fourth-order valence-electron chi connectivity index (χ4n) is 0.980. The fraction of sp³-hybridized carbons (Fsp3) is 0.700. The van der Waals surface area contributed by atoms with E-state index in [9.17, 15) is 0 Å². The van der Waals surface area contributed by atoms with Crippen molar-refractivity contribution in [2.24, 2.45) is 10.9 Å². The molecule has 1 nitrogen and oxygen atoms in total. The van der Waals surface area contributed by atoms with E-state index in [0.717, 1.165) is 6.42 Å². The highest BCUT2D eigenvalue weighted by molar-refractivity contribution is 5.82.